The van der Waals surface area contributed by atoms with Gasteiger partial charge in [0.25, 0.3) is 0 Å². The lowest BCUT2D eigenvalue weighted by molar-refractivity contribution is -0.121. The molecule has 3 rings (SSSR count). The molecule has 29 heavy (non-hydrogen) atoms. The van der Waals surface area contributed by atoms with Crippen molar-refractivity contribution in [1.29, 1.82) is 0 Å². The Labute approximate surface area is 173 Å². The summed E-state index contributed by atoms with van der Waals surface area (Å²) in [5, 5.41) is 4.22. The number of nitrogens with one attached hydrogen (secondary N) is 2. The molecule has 5 nitrogen and oxygen atoms in total. The average molecular weight is 394 g/mol. The fourth-order valence-corrected chi connectivity index (χ4v) is 3.84. The zero-order chi connectivity index (χ0) is 20.8. The van der Waals surface area contributed by atoms with Crippen molar-refractivity contribution < 1.29 is 9.53 Å². The standard InChI is InChI=1S/C24H31N3O2/c1-5-17-9-8-11-19-21(16-26-24(17)19)20(15-23(28)25-13-14-27(2)3)18-10-6-7-12-22(18)29-4/h6-12,16,20,26H,5,13-15H2,1-4H3,(H,25,28). The molecule has 1 heterocycles. The highest BCUT2D eigenvalue weighted by atomic mass is 16.5. The van der Waals surface area contributed by atoms with Crippen LogP contribution in [0.4, 0.5) is 0 Å². The number of rotatable bonds is 9. The maximum Gasteiger partial charge on any atom is 0.220 e. The number of amides is 1. The number of hydrogen-bond acceptors (Lipinski definition) is 3. The Kier molecular flexibility index (Phi) is 6.94. The van der Waals surface area contributed by atoms with Crippen LogP contribution in [-0.4, -0.2) is 50.1 Å². The summed E-state index contributed by atoms with van der Waals surface area (Å²) in [6, 6.07) is 14.3. The van der Waals surface area contributed by atoms with Crippen LogP contribution in [0.1, 0.15) is 36.0 Å². The van der Waals surface area contributed by atoms with Crippen molar-refractivity contribution in [2.24, 2.45) is 0 Å². The van der Waals surface area contributed by atoms with E-state index in [1.165, 1.54) is 10.9 Å². The van der Waals surface area contributed by atoms with E-state index in [0.717, 1.165) is 35.4 Å². The minimum Gasteiger partial charge on any atom is -0.496 e. The van der Waals surface area contributed by atoms with Crippen molar-refractivity contribution in [3.8, 4) is 5.75 Å². The van der Waals surface area contributed by atoms with Gasteiger partial charge in [0.2, 0.25) is 5.91 Å². The molecule has 0 aliphatic carbocycles. The van der Waals surface area contributed by atoms with E-state index in [4.69, 9.17) is 4.74 Å². The SMILES string of the molecule is CCc1cccc2c(C(CC(=O)NCCN(C)C)c3ccccc3OC)c[nH]c12. The van der Waals surface area contributed by atoms with Crippen molar-refractivity contribution in [2.45, 2.75) is 25.7 Å². The third kappa shape index (κ3) is 4.80. The third-order valence-corrected chi connectivity index (χ3v) is 5.38. The maximum absolute atomic E-state index is 12.8. The van der Waals surface area contributed by atoms with E-state index in [0.29, 0.717) is 13.0 Å². The molecule has 5 heteroatoms. The second kappa shape index (κ2) is 9.61. The van der Waals surface area contributed by atoms with E-state index in [9.17, 15) is 4.79 Å². The van der Waals surface area contributed by atoms with Crippen LogP contribution in [0.25, 0.3) is 10.9 Å². The van der Waals surface area contributed by atoms with Crippen LogP contribution >= 0.6 is 0 Å². The fourth-order valence-electron chi connectivity index (χ4n) is 3.84. The van der Waals surface area contributed by atoms with Crippen LogP contribution in [0, 0.1) is 0 Å². The average Bonchev–Trinajstić information content (AvgIpc) is 3.15. The summed E-state index contributed by atoms with van der Waals surface area (Å²) in [7, 11) is 5.68. The van der Waals surface area contributed by atoms with Gasteiger partial charge in [-0.2, -0.15) is 0 Å². The Morgan fingerprint density at radius 1 is 1.14 bits per heavy atom. The van der Waals surface area contributed by atoms with E-state index < -0.39 is 0 Å². The number of carbonyl (C=O) groups excluding carboxylic acids is 1. The van der Waals surface area contributed by atoms with Crippen molar-refractivity contribution in [1.82, 2.24) is 15.2 Å². The first kappa shape index (κ1) is 20.9. The molecule has 154 valence electrons. The largest absolute Gasteiger partial charge is 0.496 e. The quantitative estimate of drug-likeness (QED) is 0.579. The molecule has 0 saturated heterocycles. The number of likely N-dealkylation sites (N-methyl/N-ethyl adjacent to an activating group) is 1. The number of aromatic nitrogens is 1. The second-order valence-electron chi connectivity index (χ2n) is 7.59. The number of hydrogen-bond donors (Lipinski definition) is 2. The molecule has 1 unspecified atom stereocenters. The number of carbonyl (C=O) groups is 1. The Morgan fingerprint density at radius 2 is 1.93 bits per heavy atom. The van der Waals surface area contributed by atoms with E-state index in [1.807, 2.05) is 38.5 Å². The van der Waals surface area contributed by atoms with E-state index in [2.05, 4.69) is 46.4 Å². The molecule has 0 saturated carbocycles. The van der Waals surface area contributed by atoms with Crippen molar-refractivity contribution >= 4 is 16.8 Å². The van der Waals surface area contributed by atoms with Crippen molar-refractivity contribution in [3.63, 3.8) is 0 Å². The molecule has 1 amide bonds. The monoisotopic (exact) mass is 393 g/mol. The number of benzene rings is 2. The molecular weight excluding hydrogens is 362 g/mol. The Bertz CT molecular complexity index is 962. The molecule has 0 aliphatic heterocycles. The smallest absolute Gasteiger partial charge is 0.220 e. The number of nitrogens with zero attached hydrogens (tertiary/aromatic N) is 1. The van der Waals surface area contributed by atoms with Gasteiger partial charge in [-0.25, -0.2) is 0 Å². The topological polar surface area (TPSA) is 57.4 Å². The Balaban J connectivity index is 1.99. The minimum atomic E-state index is -0.0913. The van der Waals surface area contributed by atoms with Crippen LogP contribution in [-0.2, 0) is 11.2 Å². The number of methoxy groups -OCH3 is 1. The van der Waals surface area contributed by atoms with E-state index in [-0.39, 0.29) is 11.8 Å². The molecule has 2 N–H and O–H groups in total. The number of aromatic amines is 1. The molecule has 0 fully saturated rings. The Morgan fingerprint density at radius 3 is 2.66 bits per heavy atom. The fraction of sp³-hybridized carbons (Fsp3) is 0.375. The predicted octanol–water partition coefficient (Wildman–Crippen LogP) is 3.94. The van der Waals surface area contributed by atoms with Crippen LogP contribution in [0.3, 0.4) is 0 Å². The molecule has 0 bridgehead atoms. The number of aryl methyl sites for hydroxylation is 1. The molecule has 0 radical (unpaired) electrons. The van der Waals surface area contributed by atoms with Gasteiger partial charge in [-0.05, 0) is 37.7 Å². The number of para-hydroxylation sites is 2. The first-order valence-corrected chi connectivity index (χ1v) is 10.2. The Hall–Kier alpha value is -2.79. The molecule has 0 spiro atoms. The number of H-pyrrole nitrogens is 1. The summed E-state index contributed by atoms with van der Waals surface area (Å²) in [4.78, 5) is 18.3. The van der Waals surface area contributed by atoms with Gasteiger partial charge >= 0.3 is 0 Å². The number of ether oxygens (including phenoxy) is 1. The maximum atomic E-state index is 12.8. The van der Waals surface area contributed by atoms with Gasteiger partial charge in [0.1, 0.15) is 5.75 Å². The van der Waals surface area contributed by atoms with E-state index in [1.54, 1.807) is 7.11 Å². The van der Waals surface area contributed by atoms with Gasteiger partial charge in [0.05, 0.1) is 7.11 Å². The number of fused-ring (bicyclic) bond motifs is 1. The zero-order valence-electron chi connectivity index (χ0n) is 17.8. The second-order valence-corrected chi connectivity index (χ2v) is 7.59. The molecule has 2 aromatic carbocycles. The van der Waals surface area contributed by atoms with Gasteiger partial charge < -0.3 is 19.9 Å². The summed E-state index contributed by atoms with van der Waals surface area (Å²) < 4.78 is 5.63. The zero-order valence-corrected chi connectivity index (χ0v) is 17.8. The highest BCUT2D eigenvalue weighted by molar-refractivity contribution is 5.88. The summed E-state index contributed by atoms with van der Waals surface area (Å²) in [5.41, 5.74) is 4.59. The lowest BCUT2D eigenvalue weighted by atomic mass is 9.87. The van der Waals surface area contributed by atoms with Gasteiger partial charge in [0, 0.05) is 48.1 Å². The first-order valence-electron chi connectivity index (χ1n) is 10.2. The van der Waals surface area contributed by atoms with Gasteiger partial charge in [-0.3, -0.25) is 4.79 Å². The highest BCUT2D eigenvalue weighted by Crippen LogP contribution is 2.38. The van der Waals surface area contributed by atoms with Crippen molar-refractivity contribution in [2.75, 3.05) is 34.3 Å². The summed E-state index contributed by atoms with van der Waals surface area (Å²) in [6.07, 6.45) is 3.38. The van der Waals surface area contributed by atoms with Crippen LogP contribution in [0.15, 0.2) is 48.7 Å². The van der Waals surface area contributed by atoms with Gasteiger partial charge in [-0.15, -0.1) is 0 Å². The lowest BCUT2D eigenvalue weighted by Crippen LogP contribution is -2.32. The van der Waals surface area contributed by atoms with Crippen molar-refractivity contribution in [3.05, 3.63) is 65.4 Å². The summed E-state index contributed by atoms with van der Waals surface area (Å²) in [6.45, 7) is 3.61. The first-order chi connectivity index (χ1) is 14.0. The molecule has 1 atom stereocenters. The van der Waals surface area contributed by atoms with Crippen LogP contribution in [0.5, 0.6) is 5.75 Å². The minimum absolute atomic E-state index is 0.0451. The highest BCUT2D eigenvalue weighted by Gasteiger charge is 2.24. The molecular formula is C24H31N3O2. The molecule has 1 aromatic heterocycles. The normalized spacial score (nSPS) is 12.3. The van der Waals surface area contributed by atoms with Crippen LogP contribution < -0.4 is 10.1 Å². The van der Waals surface area contributed by atoms with Crippen LogP contribution in [0.2, 0.25) is 0 Å². The molecule has 0 aliphatic rings. The van der Waals surface area contributed by atoms with Gasteiger partial charge in [0.15, 0.2) is 0 Å². The lowest BCUT2D eigenvalue weighted by Gasteiger charge is -2.20. The molecule has 3 aromatic rings. The third-order valence-electron chi connectivity index (χ3n) is 5.38. The summed E-state index contributed by atoms with van der Waals surface area (Å²) >= 11 is 0. The van der Waals surface area contributed by atoms with E-state index >= 15 is 0 Å². The van der Waals surface area contributed by atoms with Gasteiger partial charge in [-0.1, -0.05) is 43.3 Å². The summed E-state index contributed by atoms with van der Waals surface area (Å²) in [5.74, 6) is 0.759. The predicted molar refractivity (Wildman–Crippen MR) is 119 cm³/mol.